The normalized spacial score (nSPS) is 29.2. The highest BCUT2D eigenvalue weighted by molar-refractivity contribution is 5.82. The van der Waals surface area contributed by atoms with Crippen LogP contribution in [-0.4, -0.2) is 35.0 Å². The molecule has 0 N–H and O–H groups in total. The van der Waals surface area contributed by atoms with Gasteiger partial charge in [0.05, 0.1) is 11.6 Å². The van der Waals surface area contributed by atoms with Crippen molar-refractivity contribution in [3.63, 3.8) is 0 Å². The Morgan fingerprint density at radius 3 is 2.84 bits per heavy atom. The number of carbonyl (C=O) groups is 1. The highest BCUT2D eigenvalue weighted by atomic mass is 16.5. The average molecular weight is 419 g/mol. The average Bonchev–Trinajstić information content (AvgIpc) is 3.35. The third kappa shape index (κ3) is 4.27. The molecule has 1 aliphatic carbocycles. The molecule has 4 nitrogen and oxygen atoms in total. The van der Waals surface area contributed by atoms with Crippen molar-refractivity contribution in [1.82, 2.24) is 9.88 Å². The molecule has 2 bridgehead atoms. The van der Waals surface area contributed by atoms with E-state index >= 15 is 0 Å². The standard InChI is InChI=1S/C27H34N2O2/c1-2-20-18-29-16-14-21(20)17-25(29)27(31-26(30)12-11-19-7-3-4-8-19)23-13-15-28-24-10-6-5-9-22(23)24/h2,5-6,9-10,13,15,19-21,25,27H,1,3-4,7-8,11-12,14,16-18H2/t20?,21-,25?,27?/m1/s1. The number of fused-ring (bicyclic) bond motifs is 4. The Bertz CT molecular complexity index is 930. The van der Waals surface area contributed by atoms with Crippen LogP contribution in [0.25, 0.3) is 10.9 Å². The summed E-state index contributed by atoms with van der Waals surface area (Å²) in [5.74, 6) is 1.86. The van der Waals surface area contributed by atoms with Crippen LogP contribution in [0.5, 0.6) is 0 Å². The summed E-state index contributed by atoms with van der Waals surface area (Å²) in [6.07, 6.45) is 12.7. The lowest BCUT2D eigenvalue weighted by molar-refractivity contribution is -0.157. The second-order valence-corrected chi connectivity index (χ2v) is 9.76. The maximum Gasteiger partial charge on any atom is 0.306 e. The monoisotopic (exact) mass is 418 g/mol. The molecule has 0 radical (unpaired) electrons. The van der Waals surface area contributed by atoms with E-state index in [1.807, 2.05) is 24.4 Å². The van der Waals surface area contributed by atoms with Gasteiger partial charge >= 0.3 is 5.97 Å². The summed E-state index contributed by atoms with van der Waals surface area (Å²) in [6, 6.07) is 10.5. The van der Waals surface area contributed by atoms with Crippen LogP contribution in [0.1, 0.15) is 63.0 Å². The molecule has 5 atom stereocenters. The van der Waals surface area contributed by atoms with Crippen molar-refractivity contribution in [3.8, 4) is 0 Å². The number of piperidine rings is 3. The lowest BCUT2D eigenvalue weighted by atomic mass is 9.73. The fourth-order valence-electron chi connectivity index (χ4n) is 6.23. The van der Waals surface area contributed by atoms with Crippen molar-refractivity contribution in [2.45, 2.75) is 63.5 Å². The van der Waals surface area contributed by atoms with Crippen LogP contribution >= 0.6 is 0 Å². The third-order valence-electron chi connectivity index (χ3n) is 7.98. The number of para-hydroxylation sites is 1. The van der Waals surface area contributed by atoms with E-state index < -0.39 is 0 Å². The first-order valence-electron chi connectivity index (χ1n) is 12.1. The molecular weight excluding hydrogens is 384 g/mol. The molecule has 0 amide bonds. The van der Waals surface area contributed by atoms with Crippen molar-refractivity contribution < 1.29 is 9.53 Å². The zero-order valence-electron chi connectivity index (χ0n) is 18.4. The Hall–Kier alpha value is -2.20. The van der Waals surface area contributed by atoms with Gasteiger partial charge in [-0.05, 0) is 55.7 Å². The van der Waals surface area contributed by atoms with E-state index in [4.69, 9.17) is 4.74 Å². The molecular formula is C27H34N2O2. The Balaban J connectivity index is 1.41. The van der Waals surface area contributed by atoms with Gasteiger partial charge in [0.2, 0.25) is 0 Å². The quantitative estimate of drug-likeness (QED) is 0.428. The minimum absolute atomic E-state index is 0.0410. The summed E-state index contributed by atoms with van der Waals surface area (Å²) >= 11 is 0. The van der Waals surface area contributed by atoms with E-state index in [0.717, 1.165) is 42.4 Å². The van der Waals surface area contributed by atoms with Crippen molar-refractivity contribution in [2.75, 3.05) is 13.1 Å². The predicted molar refractivity (Wildman–Crippen MR) is 124 cm³/mol. The summed E-state index contributed by atoms with van der Waals surface area (Å²) in [6.45, 7) is 6.17. The van der Waals surface area contributed by atoms with Crippen LogP contribution in [0.2, 0.25) is 0 Å². The number of esters is 1. The van der Waals surface area contributed by atoms with Crippen molar-refractivity contribution in [3.05, 3.63) is 54.7 Å². The molecule has 3 aliphatic heterocycles. The summed E-state index contributed by atoms with van der Waals surface area (Å²) in [5.41, 5.74) is 2.07. The zero-order chi connectivity index (χ0) is 21.2. The van der Waals surface area contributed by atoms with Crippen molar-refractivity contribution >= 4 is 16.9 Å². The molecule has 1 aromatic heterocycles. The highest BCUT2D eigenvalue weighted by Gasteiger charge is 2.44. The Labute approximate surface area is 185 Å². The van der Waals surface area contributed by atoms with Gasteiger partial charge in [0, 0.05) is 30.1 Å². The minimum atomic E-state index is -0.238. The van der Waals surface area contributed by atoms with E-state index in [1.165, 1.54) is 32.1 Å². The van der Waals surface area contributed by atoms with Crippen molar-refractivity contribution in [2.24, 2.45) is 17.8 Å². The van der Waals surface area contributed by atoms with Gasteiger partial charge in [-0.1, -0.05) is 50.0 Å². The number of nitrogens with zero attached hydrogens (tertiary/aromatic N) is 2. The highest BCUT2D eigenvalue weighted by Crippen LogP contribution is 2.43. The summed E-state index contributed by atoms with van der Waals surface area (Å²) in [5, 5.41) is 1.10. The molecule has 4 aliphatic rings. The SMILES string of the molecule is C=CC1CN2CC[C@@H]1CC2C(OC(=O)CCC1CCCC1)c1ccnc2ccccc12. The van der Waals surface area contributed by atoms with Gasteiger partial charge in [-0.3, -0.25) is 14.7 Å². The molecule has 4 heteroatoms. The molecule has 164 valence electrons. The van der Waals surface area contributed by atoms with Crippen LogP contribution < -0.4 is 0 Å². The Kier molecular flexibility index (Phi) is 6.08. The van der Waals surface area contributed by atoms with E-state index in [9.17, 15) is 4.79 Å². The number of hydrogen-bond donors (Lipinski definition) is 0. The smallest absolute Gasteiger partial charge is 0.306 e. The molecule has 0 spiro atoms. The number of carbonyl (C=O) groups excluding carboxylic acids is 1. The first-order chi connectivity index (χ1) is 15.2. The number of ether oxygens (including phenoxy) is 1. The maximum atomic E-state index is 13.0. The van der Waals surface area contributed by atoms with Gasteiger partial charge in [-0.2, -0.15) is 0 Å². The van der Waals surface area contributed by atoms with Gasteiger partial charge < -0.3 is 4.74 Å². The van der Waals surface area contributed by atoms with Crippen LogP contribution in [-0.2, 0) is 9.53 Å². The second kappa shape index (κ2) is 9.12. The van der Waals surface area contributed by atoms with Gasteiger partial charge in [-0.15, -0.1) is 6.58 Å². The van der Waals surface area contributed by atoms with Gasteiger partial charge in [0.25, 0.3) is 0 Å². The van der Waals surface area contributed by atoms with Crippen LogP contribution in [0.4, 0.5) is 0 Å². The number of benzene rings is 1. The first-order valence-corrected chi connectivity index (χ1v) is 12.1. The van der Waals surface area contributed by atoms with Crippen LogP contribution in [0.3, 0.4) is 0 Å². The van der Waals surface area contributed by atoms with Gasteiger partial charge in [0.15, 0.2) is 0 Å². The summed E-state index contributed by atoms with van der Waals surface area (Å²) in [7, 11) is 0. The predicted octanol–water partition coefficient (Wildman–Crippen LogP) is 5.69. The lowest BCUT2D eigenvalue weighted by Crippen LogP contribution is -2.55. The second-order valence-electron chi connectivity index (χ2n) is 9.76. The Morgan fingerprint density at radius 2 is 2.06 bits per heavy atom. The fraction of sp³-hybridized carbons (Fsp3) is 0.556. The molecule has 3 saturated heterocycles. The maximum absolute atomic E-state index is 13.0. The fourth-order valence-corrected chi connectivity index (χ4v) is 6.23. The van der Waals surface area contributed by atoms with E-state index in [0.29, 0.717) is 24.2 Å². The topological polar surface area (TPSA) is 42.4 Å². The number of rotatable bonds is 7. The van der Waals surface area contributed by atoms with E-state index in [1.54, 1.807) is 0 Å². The lowest BCUT2D eigenvalue weighted by Gasteiger charge is -2.51. The number of aromatic nitrogens is 1. The molecule has 4 fully saturated rings. The number of hydrogen-bond acceptors (Lipinski definition) is 4. The summed E-state index contributed by atoms with van der Waals surface area (Å²) < 4.78 is 6.33. The third-order valence-corrected chi connectivity index (χ3v) is 7.98. The Morgan fingerprint density at radius 1 is 1.23 bits per heavy atom. The van der Waals surface area contributed by atoms with Gasteiger partial charge in [0.1, 0.15) is 6.10 Å². The molecule has 4 heterocycles. The molecule has 6 rings (SSSR count). The van der Waals surface area contributed by atoms with Crippen LogP contribution in [0, 0.1) is 17.8 Å². The van der Waals surface area contributed by atoms with E-state index in [-0.39, 0.29) is 18.1 Å². The summed E-state index contributed by atoms with van der Waals surface area (Å²) in [4.78, 5) is 20.1. The first kappa shape index (κ1) is 20.7. The molecule has 4 unspecified atom stereocenters. The minimum Gasteiger partial charge on any atom is -0.456 e. The van der Waals surface area contributed by atoms with Crippen LogP contribution in [0.15, 0.2) is 49.2 Å². The zero-order valence-corrected chi connectivity index (χ0v) is 18.4. The molecule has 1 aromatic carbocycles. The molecule has 1 saturated carbocycles. The van der Waals surface area contributed by atoms with Crippen molar-refractivity contribution in [1.29, 1.82) is 0 Å². The molecule has 31 heavy (non-hydrogen) atoms. The number of pyridine rings is 1. The van der Waals surface area contributed by atoms with Gasteiger partial charge in [-0.25, -0.2) is 0 Å². The molecule has 2 aromatic rings. The van der Waals surface area contributed by atoms with E-state index in [2.05, 4.69) is 34.7 Å². The largest absolute Gasteiger partial charge is 0.456 e.